The highest BCUT2D eigenvalue weighted by Gasteiger charge is 1.97. The molecule has 0 aliphatic heterocycles. The normalized spacial score (nSPS) is 12.5. The van der Waals surface area contributed by atoms with Crippen molar-refractivity contribution in [2.45, 2.75) is 19.8 Å². The first-order valence-electron chi connectivity index (χ1n) is 7.02. The maximum Gasteiger partial charge on any atom is 0.174 e. The molecule has 0 saturated heterocycles. The Hall–Kier alpha value is -2.10. The highest BCUT2D eigenvalue weighted by atomic mass is 16.6. The third kappa shape index (κ3) is 5.42. The van der Waals surface area contributed by atoms with E-state index in [1.807, 2.05) is 67.6 Å². The lowest BCUT2D eigenvalue weighted by Gasteiger charge is -2.07. The summed E-state index contributed by atoms with van der Waals surface area (Å²) in [5, 5.41) is 9.44. The minimum absolute atomic E-state index is 0.484. The van der Waals surface area contributed by atoms with Gasteiger partial charge in [0.1, 0.15) is 12.4 Å². The smallest absolute Gasteiger partial charge is 0.174 e. The van der Waals surface area contributed by atoms with Crippen LogP contribution in [-0.4, -0.2) is 18.0 Å². The highest BCUT2D eigenvalue weighted by Crippen LogP contribution is 2.15. The Balaban J connectivity index is 1.87. The summed E-state index contributed by atoms with van der Waals surface area (Å²) in [4.78, 5) is 0. The van der Waals surface area contributed by atoms with Crippen LogP contribution in [-0.2, 0) is 11.3 Å². The molecule has 0 aliphatic rings. The first-order chi connectivity index (χ1) is 10.3. The number of ether oxygens (including phenoxy) is 2. The van der Waals surface area contributed by atoms with E-state index in [0.717, 1.165) is 16.9 Å². The van der Waals surface area contributed by atoms with Crippen molar-refractivity contribution in [2.24, 2.45) is 0 Å². The van der Waals surface area contributed by atoms with Crippen molar-refractivity contribution < 1.29 is 14.6 Å². The molecule has 21 heavy (non-hydrogen) atoms. The van der Waals surface area contributed by atoms with E-state index in [4.69, 9.17) is 9.47 Å². The Morgan fingerprint density at radius 3 is 2.43 bits per heavy atom. The number of rotatable bonds is 7. The second-order valence-corrected chi connectivity index (χ2v) is 4.55. The van der Waals surface area contributed by atoms with E-state index in [1.165, 1.54) is 0 Å². The van der Waals surface area contributed by atoms with E-state index in [0.29, 0.717) is 13.2 Å². The lowest BCUT2D eigenvalue weighted by Crippen LogP contribution is -2.07. The maximum atomic E-state index is 9.44. The molecule has 0 aliphatic carbocycles. The van der Waals surface area contributed by atoms with Gasteiger partial charge in [-0.25, -0.2) is 0 Å². The molecule has 0 aromatic heterocycles. The SMILES string of the molecule is CCOC(O)/C=C/c1ccc(OCc2ccccc2)cc1. The van der Waals surface area contributed by atoms with Gasteiger partial charge in [0.2, 0.25) is 0 Å². The zero-order chi connectivity index (χ0) is 14.9. The van der Waals surface area contributed by atoms with Crippen LogP contribution in [0.5, 0.6) is 5.75 Å². The molecular formula is C18H20O3. The monoisotopic (exact) mass is 284 g/mol. The topological polar surface area (TPSA) is 38.7 Å². The van der Waals surface area contributed by atoms with Crippen LogP contribution >= 0.6 is 0 Å². The number of benzene rings is 2. The molecule has 1 atom stereocenters. The second-order valence-electron chi connectivity index (χ2n) is 4.55. The Morgan fingerprint density at radius 2 is 1.76 bits per heavy atom. The van der Waals surface area contributed by atoms with Gasteiger partial charge in [0.25, 0.3) is 0 Å². The molecule has 0 spiro atoms. The van der Waals surface area contributed by atoms with Crippen molar-refractivity contribution in [3.63, 3.8) is 0 Å². The molecule has 0 bridgehead atoms. The fourth-order valence-electron chi connectivity index (χ4n) is 1.84. The van der Waals surface area contributed by atoms with E-state index in [1.54, 1.807) is 6.08 Å². The van der Waals surface area contributed by atoms with E-state index < -0.39 is 6.29 Å². The van der Waals surface area contributed by atoms with Crippen LogP contribution in [0, 0.1) is 0 Å². The van der Waals surface area contributed by atoms with Crippen molar-refractivity contribution in [2.75, 3.05) is 6.61 Å². The molecule has 2 aromatic carbocycles. The van der Waals surface area contributed by atoms with Crippen molar-refractivity contribution >= 4 is 6.08 Å². The van der Waals surface area contributed by atoms with Gasteiger partial charge >= 0.3 is 0 Å². The summed E-state index contributed by atoms with van der Waals surface area (Å²) in [5.74, 6) is 0.821. The van der Waals surface area contributed by atoms with Crippen LogP contribution in [0.1, 0.15) is 18.1 Å². The molecule has 0 fully saturated rings. The van der Waals surface area contributed by atoms with Gasteiger partial charge in [-0.05, 0) is 36.3 Å². The van der Waals surface area contributed by atoms with E-state index in [-0.39, 0.29) is 0 Å². The largest absolute Gasteiger partial charge is 0.489 e. The first kappa shape index (κ1) is 15.3. The lowest BCUT2D eigenvalue weighted by molar-refractivity contribution is -0.0581. The molecule has 0 heterocycles. The van der Waals surface area contributed by atoms with Crippen LogP contribution < -0.4 is 4.74 Å². The van der Waals surface area contributed by atoms with Crippen molar-refractivity contribution in [1.82, 2.24) is 0 Å². The summed E-state index contributed by atoms with van der Waals surface area (Å²) < 4.78 is 10.7. The molecule has 2 aromatic rings. The lowest BCUT2D eigenvalue weighted by atomic mass is 10.2. The summed E-state index contributed by atoms with van der Waals surface area (Å²) in [7, 11) is 0. The van der Waals surface area contributed by atoms with Crippen LogP contribution in [0.3, 0.4) is 0 Å². The second kappa shape index (κ2) is 8.25. The first-order valence-corrected chi connectivity index (χ1v) is 7.02. The van der Waals surface area contributed by atoms with Gasteiger partial charge in [0.05, 0.1) is 0 Å². The summed E-state index contributed by atoms with van der Waals surface area (Å²) in [6.45, 7) is 2.88. The Bertz CT molecular complexity index is 546. The number of hydrogen-bond donors (Lipinski definition) is 1. The van der Waals surface area contributed by atoms with Crippen molar-refractivity contribution in [3.8, 4) is 5.75 Å². The minimum Gasteiger partial charge on any atom is -0.489 e. The third-order valence-corrected chi connectivity index (χ3v) is 2.92. The maximum absolute atomic E-state index is 9.44. The summed E-state index contributed by atoms with van der Waals surface area (Å²) in [6, 6.07) is 17.8. The van der Waals surface area contributed by atoms with E-state index in [9.17, 15) is 5.11 Å². The zero-order valence-electron chi connectivity index (χ0n) is 12.1. The number of aliphatic hydroxyl groups is 1. The van der Waals surface area contributed by atoms with Crippen molar-refractivity contribution in [3.05, 3.63) is 71.8 Å². The standard InChI is InChI=1S/C18H20O3/c1-2-20-18(19)13-10-15-8-11-17(12-9-15)21-14-16-6-4-3-5-7-16/h3-13,18-19H,2,14H2,1H3/b13-10+. The van der Waals surface area contributed by atoms with Crippen molar-refractivity contribution in [1.29, 1.82) is 0 Å². The Morgan fingerprint density at radius 1 is 1.05 bits per heavy atom. The predicted octanol–water partition coefficient (Wildman–Crippen LogP) is 3.63. The van der Waals surface area contributed by atoms with Gasteiger partial charge < -0.3 is 14.6 Å². The highest BCUT2D eigenvalue weighted by molar-refractivity contribution is 5.50. The Kier molecular flexibility index (Phi) is 6.00. The molecule has 0 amide bonds. The number of hydrogen-bond acceptors (Lipinski definition) is 3. The predicted molar refractivity (Wildman–Crippen MR) is 83.9 cm³/mol. The average Bonchev–Trinajstić information content (AvgIpc) is 2.53. The van der Waals surface area contributed by atoms with Crippen LogP contribution in [0.2, 0.25) is 0 Å². The van der Waals surface area contributed by atoms with Gasteiger partial charge in [0, 0.05) is 6.61 Å². The van der Waals surface area contributed by atoms with Crippen LogP contribution in [0.15, 0.2) is 60.7 Å². The quantitative estimate of drug-likeness (QED) is 0.789. The molecule has 1 N–H and O–H groups in total. The van der Waals surface area contributed by atoms with Crippen LogP contribution in [0.4, 0.5) is 0 Å². The molecule has 0 radical (unpaired) electrons. The summed E-state index contributed by atoms with van der Waals surface area (Å²) in [5.41, 5.74) is 2.13. The third-order valence-electron chi connectivity index (χ3n) is 2.92. The molecule has 110 valence electrons. The fourth-order valence-corrected chi connectivity index (χ4v) is 1.84. The molecule has 3 heteroatoms. The fraction of sp³-hybridized carbons (Fsp3) is 0.222. The Labute approximate surface area is 125 Å². The van der Waals surface area contributed by atoms with Gasteiger partial charge in [-0.2, -0.15) is 0 Å². The average molecular weight is 284 g/mol. The molecule has 0 saturated carbocycles. The van der Waals surface area contributed by atoms with E-state index >= 15 is 0 Å². The summed E-state index contributed by atoms with van der Waals surface area (Å²) >= 11 is 0. The zero-order valence-corrected chi connectivity index (χ0v) is 12.1. The van der Waals surface area contributed by atoms with Gasteiger partial charge in [0.15, 0.2) is 6.29 Å². The van der Waals surface area contributed by atoms with E-state index in [2.05, 4.69) is 0 Å². The molecule has 3 nitrogen and oxygen atoms in total. The number of aliphatic hydroxyl groups excluding tert-OH is 1. The van der Waals surface area contributed by atoms with Gasteiger partial charge in [-0.1, -0.05) is 48.5 Å². The minimum atomic E-state index is -0.857. The molecular weight excluding hydrogens is 264 g/mol. The van der Waals surface area contributed by atoms with Crippen LogP contribution in [0.25, 0.3) is 6.08 Å². The summed E-state index contributed by atoms with van der Waals surface area (Å²) in [6.07, 6.45) is 2.58. The molecule has 1 unspecified atom stereocenters. The molecule has 2 rings (SSSR count). The van der Waals surface area contributed by atoms with Gasteiger partial charge in [-0.15, -0.1) is 0 Å². The van der Waals surface area contributed by atoms with Gasteiger partial charge in [-0.3, -0.25) is 0 Å².